The van der Waals surface area contributed by atoms with Crippen LogP contribution in [0.1, 0.15) is 24.1 Å². The fourth-order valence-corrected chi connectivity index (χ4v) is 2.91. The molecule has 2 aromatic carbocycles. The van der Waals surface area contributed by atoms with Crippen LogP contribution in [0.15, 0.2) is 59.9 Å². The lowest BCUT2D eigenvalue weighted by atomic mass is 9.95. The number of fused-ring (bicyclic) bond motifs is 1. The Balaban J connectivity index is 2.11. The Morgan fingerprint density at radius 2 is 2.04 bits per heavy atom. The second kappa shape index (κ2) is 7.29. The monoisotopic (exact) mass is 353 g/mol. The zero-order chi connectivity index (χ0) is 17.8. The Kier molecular flexibility index (Phi) is 4.92. The van der Waals surface area contributed by atoms with Crippen LogP contribution in [0.4, 0.5) is 5.69 Å². The van der Waals surface area contributed by atoms with Gasteiger partial charge in [0.15, 0.2) is 5.57 Å². The lowest BCUT2D eigenvalue weighted by Crippen LogP contribution is -2.34. The molecule has 0 bridgehead atoms. The molecule has 5 nitrogen and oxygen atoms in total. The van der Waals surface area contributed by atoms with E-state index in [9.17, 15) is 10.1 Å². The minimum Gasteiger partial charge on any atom is -0.462 e. The summed E-state index contributed by atoms with van der Waals surface area (Å²) in [5.74, 6) is -0.339. The molecular formula is C19H16ClN3O2. The van der Waals surface area contributed by atoms with Crippen molar-refractivity contribution in [1.29, 1.82) is 5.26 Å². The van der Waals surface area contributed by atoms with Crippen molar-refractivity contribution in [3.8, 4) is 6.07 Å². The molecule has 25 heavy (non-hydrogen) atoms. The minimum absolute atomic E-state index is 0.0941. The highest BCUT2D eigenvalue weighted by molar-refractivity contribution is 6.30. The average molecular weight is 354 g/mol. The van der Waals surface area contributed by atoms with Gasteiger partial charge in [-0.15, -0.1) is 0 Å². The summed E-state index contributed by atoms with van der Waals surface area (Å²) in [6.45, 7) is 1.90. The summed E-state index contributed by atoms with van der Waals surface area (Å²) < 4.78 is 4.98. The first-order valence-electron chi connectivity index (χ1n) is 7.83. The molecule has 0 radical (unpaired) electrons. The summed E-state index contributed by atoms with van der Waals surface area (Å²) in [5, 5.41) is 16.4. The minimum atomic E-state index is -0.663. The molecule has 0 spiro atoms. The number of rotatable bonds is 3. The summed E-state index contributed by atoms with van der Waals surface area (Å²) in [4.78, 5) is 12.1. The maximum Gasteiger partial charge on any atom is 0.352 e. The van der Waals surface area contributed by atoms with Crippen LogP contribution in [0.25, 0.3) is 0 Å². The van der Waals surface area contributed by atoms with Crippen molar-refractivity contribution in [1.82, 2.24) is 5.32 Å². The second-order valence-electron chi connectivity index (χ2n) is 5.43. The second-order valence-corrected chi connectivity index (χ2v) is 5.86. The summed E-state index contributed by atoms with van der Waals surface area (Å²) in [6, 6.07) is 16.9. The predicted octanol–water partition coefficient (Wildman–Crippen LogP) is 3.74. The van der Waals surface area contributed by atoms with Gasteiger partial charge < -0.3 is 15.4 Å². The third-order valence-electron chi connectivity index (χ3n) is 3.85. The standard InChI is InChI=1S/C19H16ClN3O2/c1-2-25-19(24)15(11-21)18-22-16-9-8-13(20)10-14(16)17(23-18)12-6-4-3-5-7-12/h3-10,17,22-23H,2H2,1H3/b18-15-. The molecular weight excluding hydrogens is 338 g/mol. The molecule has 0 fully saturated rings. The molecule has 1 heterocycles. The Morgan fingerprint density at radius 1 is 1.28 bits per heavy atom. The smallest absolute Gasteiger partial charge is 0.352 e. The number of nitrogens with one attached hydrogen (secondary N) is 2. The molecule has 2 aromatic rings. The Hall–Kier alpha value is -2.97. The van der Waals surface area contributed by atoms with Gasteiger partial charge in [-0.2, -0.15) is 5.26 Å². The quantitative estimate of drug-likeness (QED) is 0.499. The molecule has 0 saturated carbocycles. The molecule has 0 aliphatic carbocycles. The van der Waals surface area contributed by atoms with E-state index in [2.05, 4.69) is 10.6 Å². The van der Waals surface area contributed by atoms with Gasteiger partial charge >= 0.3 is 5.97 Å². The molecule has 126 valence electrons. The van der Waals surface area contributed by atoms with Crippen LogP contribution < -0.4 is 10.6 Å². The van der Waals surface area contributed by atoms with Crippen molar-refractivity contribution in [3.63, 3.8) is 0 Å². The zero-order valence-corrected chi connectivity index (χ0v) is 14.3. The largest absolute Gasteiger partial charge is 0.462 e. The molecule has 0 amide bonds. The highest BCUT2D eigenvalue weighted by Crippen LogP contribution is 2.36. The van der Waals surface area contributed by atoms with Crippen molar-refractivity contribution in [3.05, 3.63) is 76.1 Å². The van der Waals surface area contributed by atoms with Gasteiger partial charge in [-0.05, 0) is 30.7 Å². The average Bonchev–Trinajstić information content (AvgIpc) is 2.63. The molecule has 0 saturated heterocycles. The summed E-state index contributed by atoms with van der Waals surface area (Å²) in [6.07, 6.45) is 0. The van der Waals surface area contributed by atoms with Gasteiger partial charge in [0.25, 0.3) is 0 Å². The van der Waals surface area contributed by atoms with Crippen LogP contribution in [0.3, 0.4) is 0 Å². The lowest BCUT2D eigenvalue weighted by molar-refractivity contribution is -0.138. The van der Waals surface area contributed by atoms with E-state index in [1.807, 2.05) is 48.5 Å². The van der Waals surface area contributed by atoms with Crippen LogP contribution in [0.5, 0.6) is 0 Å². The number of benzene rings is 2. The number of hydrogen-bond acceptors (Lipinski definition) is 5. The first kappa shape index (κ1) is 16.9. The van der Waals surface area contributed by atoms with E-state index in [0.29, 0.717) is 10.8 Å². The van der Waals surface area contributed by atoms with Crippen molar-refractivity contribution in [2.45, 2.75) is 13.0 Å². The Bertz CT molecular complexity index is 872. The van der Waals surface area contributed by atoms with Gasteiger partial charge in [-0.25, -0.2) is 4.79 Å². The third kappa shape index (κ3) is 3.44. The Labute approximate surface area is 150 Å². The van der Waals surface area contributed by atoms with Crippen molar-refractivity contribution in [2.24, 2.45) is 0 Å². The number of anilines is 1. The van der Waals surface area contributed by atoms with E-state index in [-0.39, 0.29) is 18.2 Å². The van der Waals surface area contributed by atoms with E-state index < -0.39 is 5.97 Å². The van der Waals surface area contributed by atoms with E-state index >= 15 is 0 Å². The highest BCUT2D eigenvalue weighted by atomic mass is 35.5. The Morgan fingerprint density at radius 3 is 2.72 bits per heavy atom. The van der Waals surface area contributed by atoms with Crippen LogP contribution in [-0.2, 0) is 9.53 Å². The summed E-state index contributed by atoms with van der Waals surface area (Å²) in [7, 11) is 0. The number of nitriles is 1. The number of halogens is 1. The normalized spacial score (nSPS) is 17.4. The topological polar surface area (TPSA) is 74.2 Å². The highest BCUT2D eigenvalue weighted by Gasteiger charge is 2.28. The molecule has 1 aliphatic heterocycles. The zero-order valence-electron chi connectivity index (χ0n) is 13.5. The van der Waals surface area contributed by atoms with Crippen LogP contribution >= 0.6 is 11.6 Å². The van der Waals surface area contributed by atoms with Gasteiger partial charge in [-0.3, -0.25) is 0 Å². The summed E-state index contributed by atoms with van der Waals surface area (Å²) in [5.41, 5.74) is 2.61. The van der Waals surface area contributed by atoms with Crippen LogP contribution in [0.2, 0.25) is 5.02 Å². The van der Waals surface area contributed by atoms with Crippen molar-refractivity contribution < 1.29 is 9.53 Å². The maximum absolute atomic E-state index is 12.1. The molecule has 0 aromatic heterocycles. The van der Waals surface area contributed by atoms with Gasteiger partial charge in [0, 0.05) is 16.3 Å². The van der Waals surface area contributed by atoms with Gasteiger partial charge in [0.05, 0.1) is 12.6 Å². The van der Waals surface area contributed by atoms with Crippen molar-refractivity contribution in [2.75, 3.05) is 11.9 Å². The lowest BCUT2D eigenvalue weighted by Gasteiger charge is -2.31. The molecule has 1 unspecified atom stereocenters. The van der Waals surface area contributed by atoms with Gasteiger partial charge in [-0.1, -0.05) is 41.9 Å². The number of carbonyl (C=O) groups excluding carboxylic acids is 1. The maximum atomic E-state index is 12.1. The predicted molar refractivity (Wildman–Crippen MR) is 95.8 cm³/mol. The molecule has 3 rings (SSSR count). The molecule has 1 aliphatic rings. The fourth-order valence-electron chi connectivity index (χ4n) is 2.73. The third-order valence-corrected chi connectivity index (χ3v) is 4.08. The first-order valence-corrected chi connectivity index (χ1v) is 8.21. The van der Waals surface area contributed by atoms with E-state index in [1.54, 1.807) is 13.0 Å². The fraction of sp³-hybridized carbons (Fsp3) is 0.158. The molecule has 6 heteroatoms. The van der Waals surface area contributed by atoms with Crippen LogP contribution in [0, 0.1) is 11.3 Å². The van der Waals surface area contributed by atoms with E-state index in [1.165, 1.54) is 0 Å². The first-order chi connectivity index (χ1) is 12.1. The number of ether oxygens (including phenoxy) is 1. The van der Waals surface area contributed by atoms with E-state index in [0.717, 1.165) is 16.8 Å². The number of hydrogen-bond donors (Lipinski definition) is 2. The van der Waals surface area contributed by atoms with Crippen LogP contribution in [-0.4, -0.2) is 12.6 Å². The van der Waals surface area contributed by atoms with Gasteiger partial charge in [0.2, 0.25) is 0 Å². The molecule has 1 atom stereocenters. The number of nitrogens with zero attached hydrogens (tertiary/aromatic N) is 1. The number of carbonyl (C=O) groups is 1. The van der Waals surface area contributed by atoms with Gasteiger partial charge in [0.1, 0.15) is 11.9 Å². The molecule has 2 N–H and O–H groups in total. The van der Waals surface area contributed by atoms with Crippen molar-refractivity contribution >= 4 is 23.3 Å². The SMILES string of the molecule is CCOC(=O)/C(C#N)=C1/Nc2ccc(Cl)cc2C(c2ccccc2)N1. The number of esters is 1. The van der Waals surface area contributed by atoms with E-state index in [4.69, 9.17) is 16.3 Å². The summed E-state index contributed by atoms with van der Waals surface area (Å²) >= 11 is 6.15.